The van der Waals surface area contributed by atoms with Gasteiger partial charge in [-0.15, -0.1) is 0 Å². The number of nitrogens with zero attached hydrogens (tertiary/aromatic N) is 1. The summed E-state index contributed by atoms with van der Waals surface area (Å²) < 4.78 is 5.20. The molecule has 2 N–H and O–H groups in total. The van der Waals surface area contributed by atoms with Crippen LogP contribution in [0.25, 0.3) is 11.3 Å². The van der Waals surface area contributed by atoms with E-state index in [2.05, 4.69) is 4.98 Å². The van der Waals surface area contributed by atoms with Crippen molar-refractivity contribution in [3.05, 3.63) is 38.8 Å². The number of nitrogens with one attached hydrogen (secondary N) is 1. The van der Waals surface area contributed by atoms with Gasteiger partial charge in [-0.3, -0.25) is 9.59 Å². The second-order valence-corrected chi connectivity index (χ2v) is 5.99. The molecule has 6 nitrogen and oxygen atoms in total. The molecular formula is C15H18N2O4S. The fraction of sp³-hybridized carbons (Fsp3) is 0.333. The Balaban J connectivity index is 2.22. The van der Waals surface area contributed by atoms with Crippen molar-refractivity contribution in [2.75, 3.05) is 20.7 Å². The van der Waals surface area contributed by atoms with Gasteiger partial charge in [0.2, 0.25) is 0 Å². The Hall–Kier alpha value is -2.12. The number of rotatable bonds is 7. The number of carboxylic acids is 1. The first kappa shape index (κ1) is 16.3. The smallest absolute Gasteiger partial charge is 0.305 e. The number of hydrogen-bond donors (Lipinski definition) is 2. The van der Waals surface area contributed by atoms with Crippen molar-refractivity contribution in [3.8, 4) is 17.0 Å². The normalized spacial score (nSPS) is 10.9. The number of aromatic amines is 1. The number of carboxylic acid groups (broad SMARTS) is 1. The van der Waals surface area contributed by atoms with Crippen LogP contribution in [0.5, 0.6) is 5.75 Å². The molecule has 1 heterocycles. The third-order valence-corrected chi connectivity index (χ3v) is 4.07. The third-order valence-electron chi connectivity index (χ3n) is 3.20. The van der Waals surface area contributed by atoms with E-state index in [9.17, 15) is 9.59 Å². The molecule has 7 heteroatoms. The van der Waals surface area contributed by atoms with Crippen molar-refractivity contribution < 1.29 is 14.6 Å². The van der Waals surface area contributed by atoms with Gasteiger partial charge in [-0.25, -0.2) is 0 Å². The van der Waals surface area contributed by atoms with Crippen LogP contribution in [-0.2, 0) is 11.3 Å². The highest BCUT2D eigenvalue weighted by Gasteiger charge is 2.13. The number of aromatic nitrogens is 1. The van der Waals surface area contributed by atoms with Gasteiger partial charge in [0.05, 0.1) is 19.2 Å². The van der Waals surface area contributed by atoms with Gasteiger partial charge in [0.25, 0.3) is 0 Å². The molecule has 0 saturated heterocycles. The van der Waals surface area contributed by atoms with E-state index in [-0.39, 0.29) is 11.3 Å². The summed E-state index contributed by atoms with van der Waals surface area (Å²) in [7, 11) is 3.43. The number of benzene rings is 1. The molecule has 0 fully saturated rings. The fourth-order valence-corrected chi connectivity index (χ4v) is 3.03. The van der Waals surface area contributed by atoms with E-state index in [1.807, 2.05) is 36.2 Å². The summed E-state index contributed by atoms with van der Waals surface area (Å²) in [4.78, 5) is 27.8. The SMILES string of the molecule is COc1cccc(-c2[nH]c(=O)sc2CN(C)CCC(=O)O)c1. The number of methoxy groups -OCH3 is 1. The van der Waals surface area contributed by atoms with E-state index in [4.69, 9.17) is 9.84 Å². The lowest BCUT2D eigenvalue weighted by Gasteiger charge is -2.15. The number of thiazole rings is 1. The van der Waals surface area contributed by atoms with E-state index in [1.54, 1.807) is 7.11 Å². The van der Waals surface area contributed by atoms with Gasteiger partial charge >= 0.3 is 10.8 Å². The predicted molar refractivity (Wildman–Crippen MR) is 85.5 cm³/mol. The lowest BCUT2D eigenvalue weighted by atomic mass is 10.1. The van der Waals surface area contributed by atoms with E-state index in [1.165, 1.54) is 0 Å². The van der Waals surface area contributed by atoms with Gasteiger partial charge in [0.1, 0.15) is 5.75 Å². The summed E-state index contributed by atoms with van der Waals surface area (Å²) >= 11 is 1.14. The molecule has 0 saturated carbocycles. The molecule has 0 spiro atoms. The van der Waals surface area contributed by atoms with Crippen LogP contribution in [0.3, 0.4) is 0 Å². The highest BCUT2D eigenvalue weighted by molar-refractivity contribution is 7.09. The summed E-state index contributed by atoms with van der Waals surface area (Å²) in [6.07, 6.45) is 0.0737. The molecule has 0 aliphatic rings. The van der Waals surface area contributed by atoms with Gasteiger partial charge in [0.15, 0.2) is 0 Å². The van der Waals surface area contributed by atoms with Crippen LogP contribution in [0.1, 0.15) is 11.3 Å². The molecule has 22 heavy (non-hydrogen) atoms. The monoisotopic (exact) mass is 322 g/mol. The van der Waals surface area contributed by atoms with Crippen LogP contribution >= 0.6 is 11.3 Å². The first-order valence-corrected chi connectivity index (χ1v) is 7.58. The maximum atomic E-state index is 11.7. The van der Waals surface area contributed by atoms with Crippen LogP contribution < -0.4 is 9.61 Å². The van der Waals surface area contributed by atoms with E-state index in [0.717, 1.165) is 33.2 Å². The second-order valence-electron chi connectivity index (χ2n) is 4.93. The van der Waals surface area contributed by atoms with Crippen LogP contribution in [0.15, 0.2) is 29.1 Å². The van der Waals surface area contributed by atoms with Crippen LogP contribution in [0, 0.1) is 0 Å². The number of hydrogen-bond acceptors (Lipinski definition) is 5. The summed E-state index contributed by atoms with van der Waals surface area (Å²) in [6.45, 7) is 0.947. The van der Waals surface area contributed by atoms with E-state index >= 15 is 0 Å². The molecule has 1 aromatic heterocycles. The summed E-state index contributed by atoms with van der Waals surface area (Å²) in [5.74, 6) is -0.114. The summed E-state index contributed by atoms with van der Waals surface area (Å²) in [6, 6.07) is 7.47. The van der Waals surface area contributed by atoms with Gasteiger partial charge < -0.3 is 19.7 Å². The molecule has 0 atom stereocenters. The topological polar surface area (TPSA) is 82.6 Å². The molecule has 0 radical (unpaired) electrons. The van der Waals surface area contributed by atoms with Gasteiger partial charge in [-0.1, -0.05) is 23.5 Å². The van der Waals surface area contributed by atoms with Crippen molar-refractivity contribution in [1.29, 1.82) is 0 Å². The van der Waals surface area contributed by atoms with Gasteiger partial charge in [-0.2, -0.15) is 0 Å². The van der Waals surface area contributed by atoms with Crippen molar-refractivity contribution >= 4 is 17.3 Å². The van der Waals surface area contributed by atoms with Crippen LogP contribution in [0.4, 0.5) is 0 Å². The Bertz CT molecular complexity index is 708. The third kappa shape index (κ3) is 4.19. The lowest BCUT2D eigenvalue weighted by molar-refractivity contribution is -0.137. The van der Waals surface area contributed by atoms with Crippen molar-refractivity contribution in [3.63, 3.8) is 0 Å². The quantitative estimate of drug-likeness (QED) is 0.815. The summed E-state index contributed by atoms with van der Waals surface area (Å²) in [5, 5.41) is 8.73. The Morgan fingerprint density at radius 3 is 2.91 bits per heavy atom. The minimum absolute atomic E-state index is 0.0737. The lowest BCUT2D eigenvalue weighted by Crippen LogP contribution is -2.21. The first-order valence-electron chi connectivity index (χ1n) is 6.76. The number of aliphatic carboxylic acids is 1. The Morgan fingerprint density at radius 1 is 1.45 bits per heavy atom. The fourth-order valence-electron chi connectivity index (χ4n) is 2.09. The zero-order valence-electron chi connectivity index (χ0n) is 12.5. The Labute approximate surface area is 132 Å². The molecule has 0 aliphatic heterocycles. The average Bonchev–Trinajstić information content (AvgIpc) is 2.85. The first-order chi connectivity index (χ1) is 10.5. The van der Waals surface area contributed by atoms with Crippen molar-refractivity contribution in [2.45, 2.75) is 13.0 Å². The molecule has 0 amide bonds. The zero-order chi connectivity index (χ0) is 16.1. The minimum Gasteiger partial charge on any atom is -0.497 e. The highest BCUT2D eigenvalue weighted by atomic mass is 32.1. The van der Waals surface area contributed by atoms with Crippen LogP contribution in [0.2, 0.25) is 0 Å². The zero-order valence-corrected chi connectivity index (χ0v) is 13.3. The Kier molecular flexibility index (Phi) is 5.35. The maximum Gasteiger partial charge on any atom is 0.305 e. The highest BCUT2D eigenvalue weighted by Crippen LogP contribution is 2.27. The van der Waals surface area contributed by atoms with E-state index in [0.29, 0.717) is 13.1 Å². The number of ether oxygens (including phenoxy) is 1. The molecule has 2 rings (SSSR count). The summed E-state index contributed by atoms with van der Waals surface area (Å²) in [5.41, 5.74) is 1.63. The maximum absolute atomic E-state index is 11.7. The molecule has 0 unspecified atom stereocenters. The molecule has 2 aromatic rings. The van der Waals surface area contributed by atoms with Crippen molar-refractivity contribution in [1.82, 2.24) is 9.88 Å². The number of carbonyl (C=O) groups is 1. The molecule has 1 aromatic carbocycles. The number of H-pyrrole nitrogens is 1. The average molecular weight is 322 g/mol. The predicted octanol–water partition coefficient (Wildman–Crippen LogP) is 2.02. The molecular weight excluding hydrogens is 304 g/mol. The second kappa shape index (κ2) is 7.24. The van der Waals surface area contributed by atoms with E-state index < -0.39 is 5.97 Å². The largest absolute Gasteiger partial charge is 0.497 e. The van der Waals surface area contributed by atoms with Gasteiger partial charge in [-0.05, 0) is 19.2 Å². The molecule has 118 valence electrons. The molecule has 0 bridgehead atoms. The standard InChI is InChI=1S/C15H18N2O4S/c1-17(7-6-13(18)19)9-12-14(16-15(20)22-12)10-4-3-5-11(8-10)21-2/h3-5,8H,6-7,9H2,1-2H3,(H,16,20)(H,18,19). The molecule has 0 aliphatic carbocycles. The van der Waals surface area contributed by atoms with Crippen LogP contribution in [-0.4, -0.2) is 41.7 Å². The minimum atomic E-state index is -0.831. The Morgan fingerprint density at radius 2 is 2.23 bits per heavy atom. The van der Waals surface area contributed by atoms with Gasteiger partial charge in [0, 0.05) is 23.5 Å². The van der Waals surface area contributed by atoms with Crippen molar-refractivity contribution in [2.24, 2.45) is 0 Å².